The van der Waals surface area contributed by atoms with E-state index in [4.69, 9.17) is 9.47 Å². The summed E-state index contributed by atoms with van der Waals surface area (Å²) in [6, 6.07) is 5.90. The summed E-state index contributed by atoms with van der Waals surface area (Å²) in [7, 11) is 3.29. The number of likely N-dealkylation sites (tertiary alicyclic amines) is 1. The average Bonchev–Trinajstić information content (AvgIpc) is 3.26. The van der Waals surface area contributed by atoms with Crippen molar-refractivity contribution in [3.05, 3.63) is 34.5 Å². The van der Waals surface area contributed by atoms with Gasteiger partial charge in [-0.2, -0.15) is 4.52 Å². The molecule has 1 aliphatic rings. The number of hydrogen-bond donors (Lipinski definition) is 1. The Labute approximate surface area is 181 Å². The molecule has 1 N–H and O–H groups in total. The zero-order valence-electron chi connectivity index (χ0n) is 18.3. The van der Waals surface area contributed by atoms with Gasteiger partial charge in [0.1, 0.15) is 0 Å². The van der Waals surface area contributed by atoms with Crippen LogP contribution in [0.3, 0.4) is 0 Å². The molecule has 3 atom stereocenters. The second-order valence-electron chi connectivity index (χ2n) is 8.28. The first-order valence-electron chi connectivity index (χ1n) is 10.5. The predicted molar refractivity (Wildman–Crippen MR) is 118 cm³/mol. The molecule has 2 aromatic heterocycles. The Hall–Kier alpha value is -2.32. The minimum atomic E-state index is -0.103. The molecule has 1 fully saturated rings. The summed E-state index contributed by atoms with van der Waals surface area (Å²) < 4.78 is 12.6. The second kappa shape index (κ2) is 8.43. The van der Waals surface area contributed by atoms with E-state index in [0.29, 0.717) is 23.3 Å². The van der Waals surface area contributed by atoms with Crippen LogP contribution in [0.1, 0.15) is 49.5 Å². The summed E-state index contributed by atoms with van der Waals surface area (Å²) in [5.74, 6) is 3.48. The number of hydrogen-bond acceptors (Lipinski definition) is 7. The van der Waals surface area contributed by atoms with Crippen molar-refractivity contribution in [1.29, 1.82) is 0 Å². The maximum Gasteiger partial charge on any atom is 0.230 e. The van der Waals surface area contributed by atoms with Crippen LogP contribution in [0.5, 0.6) is 17.4 Å². The van der Waals surface area contributed by atoms with Crippen molar-refractivity contribution < 1.29 is 14.6 Å². The highest BCUT2D eigenvalue weighted by molar-refractivity contribution is 7.17. The molecule has 7 nitrogen and oxygen atoms in total. The van der Waals surface area contributed by atoms with Gasteiger partial charge in [0.25, 0.3) is 0 Å². The zero-order chi connectivity index (χ0) is 21.4. The molecule has 30 heavy (non-hydrogen) atoms. The highest BCUT2D eigenvalue weighted by atomic mass is 32.1. The molecule has 1 aliphatic heterocycles. The molecule has 0 amide bonds. The number of benzene rings is 1. The first kappa shape index (κ1) is 20.9. The molecule has 0 saturated carbocycles. The molecule has 1 saturated heterocycles. The third-order valence-electron chi connectivity index (χ3n) is 5.79. The SMILES string of the molecule is CCc1nc2sc([C@@H](c3ccc(OC)c(OC)c3)N3C[C@H](C)C[C@H](C)C3)c(O)n2n1. The van der Waals surface area contributed by atoms with Crippen LogP contribution in [0.2, 0.25) is 0 Å². The molecular formula is C22H30N4O3S. The highest BCUT2D eigenvalue weighted by Crippen LogP contribution is 2.43. The van der Waals surface area contributed by atoms with E-state index in [1.54, 1.807) is 18.7 Å². The minimum Gasteiger partial charge on any atom is -0.493 e. The number of piperidine rings is 1. The Balaban J connectivity index is 1.84. The van der Waals surface area contributed by atoms with Crippen molar-refractivity contribution in [2.75, 3.05) is 27.3 Å². The smallest absolute Gasteiger partial charge is 0.230 e. The number of ether oxygens (including phenoxy) is 2. The number of methoxy groups -OCH3 is 2. The van der Waals surface area contributed by atoms with Crippen molar-refractivity contribution in [3.8, 4) is 17.4 Å². The summed E-state index contributed by atoms with van der Waals surface area (Å²) in [5.41, 5.74) is 1.06. The van der Waals surface area contributed by atoms with Crippen LogP contribution < -0.4 is 9.47 Å². The Bertz CT molecular complexity index is 1020. The molecule has 3 heterocycles. The third kappa shape index (κ3) is 3.74. The van der Waals surface area contributed by atoms with Crippen molar-refractivity contribution in [1.82, 2.24) is 19.5 Å². The number of aromatic hydroxyl groups is 1. The minimum absolute atomic E-state index is 0.103. The van der Waals surface area contributed by atoms with E-state index in [1.165, 1.54) is 17.8 Å². The number of thiazole rings is 1. The lowest BCUT2D eigenvalue weighted by Crippen LogP contribution is -2.41. The summed E-state index contributed by atoms with van der Waals surface area (Å²) in [6.45, 7) is 8.54. The van der Waals surface area contributed by atoms with Crippen molar-refractivity contribution in [2.45, 2.75) is 39.7 Å². The van der Waals surface area contributed by atoms with Gasteiger partial charge in [0.2, 0.25) is 10.8 Å². The molecule has 4 rings (SSSR count). The van der Waals surface area contributed by atoms with Crippen LogP contribution in [-0.4, -0.2) is 51.9 Å². The molecule has 162 valence electrons. The van der Waals surface area contributed by atoms with Gasteiger partial charge in [-0.1, -0.05) is 38.2 Å². The van der Waals surface area contributed by atoms with Crippen molar-refractivity contribution >= 4 is 16.3 Å². The van der Waals surface area contributed by atoms with Gasteiger partial charge in [-0.15, -0.1) is 5.10 Å². The first-order chi connectivity index (χ1) is 14.4. The van der Waals surface area contributed by atoms with Gasteiger partial charge in [0.05, 0.1) is 25.1 Å². The molecule has 0 unspecified atom stereocenters. The number of aryl methyl sites for hydroxylation is 1. The lowest BCUT2D eigenvalue weighted by atomic mass is 9.89. The van der Waals surface area contributed by atoms with Crippen LogP contribution in [0.15, 0.2) is 18.2 Å². The fourth-order valence-corrected chi connectivity index (χ4v) is 5.73. The van der Waals surface area contributed by atoms with Gasteiger partial charge < -0.3 is 14.6 Å². The number of nitrogens with zero attached hydrogens (tertiary/aromatic N) is 4. The standard InChI is InChI=1S/C22H30N4O3S/c1-6-18-23-22-26(24-18)21(27)20(30-22)19(25-11-13(2)9-14(3)12-25)15-7-8-16(28-4)17(10-15)29-5/h7-8,10,13-14,19,27H,6,9,11-12H2,1-5H3/t13-,14+,19-/m1/s1. The Morgan fingerprint density at radius 3 is 2.47 bits per heavy atom. The molecule has 0 radical (unpaired) electrons. The fourth-order valence-electron chi connectivity index (χ4n) is 4.59. The van der Waals surface area contributed by atoms with E-state index in [-0.39, 0.29) is 11.9 Å². The van der Waals surface area contributed by atoms with Crippen LogP contribution in [0.4, 0.5) is 0 Å². The predicted octanol–water partition coefficient (Wildman–Crippen LogP) is 4.14. The monoisotopic (exact) mass is 430 g/mol. The summed E-state index contributed by atoms with van der Waals surface area (Å²) >= 11 is 1.51. The van der Waals surface area contributed by atoms with Crippen molar-refractivity contribution in [2.24, 2.45) is 11.8 Å². The maximum atomic E-state index is 11.1. The molecular weight excluding hydrogens is 400 g/mol. The van der Waals surface area contributed by atoms with Crippen molar-refractivity contribution in [3.63, 3.8) is 0 Å². The topological polar surface area (TPSA) is 72.1 Å². The van der Waals surface area contributed by atoms with Gasteiger partial charge in [0.15, 0.2) is 17.3 Å². The largest absolute Gasteiger partial charge is 0.493 e. The number of rotatable bonds is 6. The van der Waals surface area contributed by atoms with E-state index >= 15 is 0 Å². The molecule has 0 bridgehead atoms. The quantitative estimate of drug-likeness (QED) is 0.634. The van der Waals surface area contributed by atoms with Gasteiger partial charge >= 0.3 is 0 Å². The zero-order valence-corrected chi connectivity index (χ0v) is 19.1. The molecule has 0 aliphatic carbocycles. The van der Waals surface area contributed by atoms with Gasteiger partial charge in [-0.3, -0.25) is 4.90 Å². The van der Waals surface area contributed by atoms with Crippen LogP contribution >= 0.6 is 11.3 Å². The lowest BCUT2D eigenvalue weighted by Gasteiger charge is -2.40. The highest BCUT2D eigenvalue weighted by Gasteiger charge is 2.34. The van der Waals surface area contributed by atoms with E-state index in [0.717, 1.165) is 40.7 Å². The number of fused-ring (bicyclic) bond motifs is 1. The summed E-state index contributed by atoms with van der Waals surface area (Å²) in [6.07, 6.45) is 1.96. The van der Waals surface area contributed by atoms with Gasteiger partial charge in [-0.05, 0) is 36.0 Å². The lowest BCUT2D eigenvalue weighted by molar-refractivity contribution is 0.111. The Kier molecular flexibility index (Phi) is 5.88. The third-order valence-corrected chi connectivity index (χ3v) is 6.87. The summed E-state index contributed by atoms with van der Waals surface area (Å²) in [5, 5.41) is 15.6. The normalized spacial score (nSPS) is 21.1. The molecule has 8 heteroatoms. The van der Waals surface area contributed by atoms with E-state index in [1.807, 2.05) is 19.1 Å². The maximum absolute atomic E-state index is 11.1. The fraction of sp³-hybridized carbons (Fsp3) is 0.545. The molecule has 1 aromatic carbocycles. The average molecular weight is 431 g/mol. The Morgan fingerprint density at radius 2 is 1.87 bits per heavy atom. The second-order valence-corrected chi connectivity index (χ2v) is 9.29. The van der Waals surface area contributed by atoms with Gasteiger partial charge in [-0.25, -0.2) is 4.98 Å². The van der Waals surface area contributed by atoms with E-state index in [9.17, 15) is 5.11 Å². The number of aromatic nitrogens is 3. The van der Waals surface area contributed by atoms with Crippen LogP contribution in [0, 0.1) is 11.8 Å². The van der Waals surface area contributed by atoms with E-state index in [2.05, 4.69) is 34.9 Å². The van der Waals surface area contributed by atoms with E-state index < -0.39 is 0 Å². The van der Waals surface area contributed by atoms with Crippen LogP contribution in [0.25, 0.3) is 4.96 Å². The molecule has 0 spiro atoms. The first-order valence-corrected chi connectivity index (χ1v) is 11.3. The van der Waals surface area contributed by atoms with Gasteiger partial charge in [0, 0.05) is 19.5 Å². The molecule has 3 aromatic rings. The summed E-state index contributed by atoms with van der Waals surface area (Å²) in [4.78, 5) is 8.62. The Morgan fingerprint density at radius 1 is 1.17 bits per heavy atom. The van der Waals surface area contributed by atoms with Crippen LogP contribution in [-0.2, 0) is 6.42 Å².